The van der Waals surface area contributed by atoms with Crippen molar-refractivity contribution in [3.63, 3.8) is 0 Å². The maximum Gasteiger partial charge on any atom is 0.433 e. The molecule has 2 rings (SSSR count). The van der Waals surface area contributed by atoms with Crippen LogP contribution in [-0.4, -0.2) is 31.9 Å². The highest BCUT2D eigenvalue weighted by molar-refractivity contribution is 7.91. The summed E-state index contributed by atoms with van der Waals surface area (Å²) in [6.45, 7) is 6.66. The summed E-state index contributed by atoms with van der Waals surface area (Å²) < 4.78 is 61.7. The standard InChI is InChI=1S/C18H22F3N3O2S/c1-12(23-27(25)17(2,3)4)15-10-16(18(19,20)21)24(22-15)11-13-6-8-14(26-5)9-7-13/h6-10H,11H2,1-5H3. The van der Waals surface area contributed by atoms with Crippen molar-refractivity contribution in [2.75, 3.05) is 7.11 Å². The normalized spacial score (nSPS) is 14.3. The van der Waals surface area contributed by atoms with Crippen LogP contribution in [-0.2, 0) is 24.1 Å². The van der Waals surface area contributed by atoms with Crippen molar-refractivity contribution in [1.82, 2.24) is 9.78 Å². The Labute approximate surface area is 159 Å². The van der Waals surface area contributed by atoms with Gasteiger partial charge in [0.25, 0.3) is 0 Å². The fourth-order valence-corrected chi connectivity index (χ4v) is 2.77. The maximum absolute atomic E-state index is 13.4. The van der Waals surface area contributed by atoms with Gasteiger partial charge in [0.1, 0.15) is 39.0 Å². The van der Waals surface area contributed by atoms with Gasteiger partial charge in [0.15, 0.2) is 0 Å². The Morgan fingerprint density at radius 1 is 1.22 bits per heavy atom. The lowest BCUT2D eigenvalue weighted by Gasteiger charge is -2.18. The molecule has 0 saturated carbocycles. The molecule has 1 atom stereocenters. The Morgan fingerprint density at radius 3 is 2.30 bits per heavy atom. The minimum absolute atomic E-state index is 0.0495. The molecule has 9 heteroatoms. The fourth-order valence-electron chi connectivity index (χ4n) is 2.15. The van der Waals surface area contributed by atoms with Gasteiger partial charge in [-0.25, -0.2) is 0 Å². The van der Waals surface area contributed by atoms with Gasteiger partial charge in [-0.3, -0.25) is 4.68 Å². The zero-order valence-corrected chi connectivity index (χ0v) is 16.6. The lowest BCUT2D eigenvalue weighted by atomic mass is 10.2. The molecule has 0 amide bonds. The van der Waals surface area contributed by atoms with Crippen LogP contribution in [0.15, 0.2) is 34.7 Å². The van der Waals surface area contributed by atoms with Crippen molar-refractivity contribution in [1.29, 1.82) is 0 Å². The molecular weight excluding hydrogens is 379 g/mol. The summed E-state index contributed by atoms with van der Waals surface area (Å²) in [7, 11) is 1.51. The number of alkyl halides is 3. The van der Waals surface area contributed by atoms with Gasteiger partial charge >= 0.3 is 6.18 Å². The van der Waals surface area contributed by atoms with E-state index in [-0.39, 0.29) is 18.0 Å². The summed E-state index contributed by atoms with van der Waals surface area (Å²) in [5.74, 6) is 0.614. The first-order valence-corrected chi connectivity index (χ1v) is 9.28. The third-order valence-electron chi connectivity index (χ3n) is 3.68. The van der Waals surface area contributed by atoms with Gasteiger partial charge in [-0.2, -0.15) is 18.3 Å². The molecule has 1 unspecified atom stereocenters. The quantitative estimate of drug-likeness (QED) is 0.556. The maximum atomic E-state index is 13.4. The summed E-state index contributed by atoms with van der Waals surface area (Å²) in [5.41, 5.74) is 0.00361. The Hall–Kier alpha value is -2.00. The first-order valence-electron chi connectivity index (χ1n) is 8.17. The highest BCUT2D eigenvalue weighted by Gasteiger charge is 2.36. The van der Waals surface area contributed by atoms with Gasteiger partial charge < -0.3 is 9.29 Å². The lowest BCUT2D eigenvalue weighted by molar-refractivity contribution is -0.144. The Bertz CT molecular complexity index is 809. The zero-order valence-electron chi connectivity index (χ0n) is 15.8. The van der Waals surface area contributed by atoms with E-state index >= 15 is 0 Å². The number of nitrogens with zero attached hydrogens (tertiary/aromatic N) is 3. The van der Waals surface area contributed by atoms with Gasteiger partial charge in [-0.1, -0.05) is 16.5 Å². The molecule has 1 aromatic carbocycles. The highest BCUT2D eigenvalue weighted by Crippen LogP contribution is 2.31. The summed E-state index contributed by atoms with van der Waals surface area (Å²) in [4.78, 5) is 0. The molecule has 0 aliphatic heterocycles. The van der Waals surface area contributed by atoms with E-state index in [1.807, 2.05) is 0 Å². The number of hydrogen-bond acceptors (Lipinski definition) is 4. The number of aromatic nitrogens is 2. The van der Waals surface area contributed by atoms with Crippen LogP contribution in [0.5, 0.6) is 5.75 Å². The molecule has 27 heavy (non-hydrogen) atoms. The molecule has 1 aromatic heterocycles. The fraction of sp³-hybridized carbons (Fsp3) is 0.444. The number of methoxy groups -OCH3 is 1. The molecule has 0 bridgehead atoms. The lowest BCUT2D eigenvalue weighted by Crippen LogP contribution is -2.26. The summed E-state index contributed by atoms with van der Waals surface area (Å²) >= 11 is -1.58. The highest BCUT2D eigenvalue weighted by atomic mass is 32.2. The molecule has 0 spiro atoms. The Morgan fingerprint density at radius 2 is 1.81 bits per heavy atom. The zero-order chi connectivity index (χ0) is 20.4. The van der Waals surface area contributed by atoms with Crippen LogP contribution in [0.4, 0.5) is 13.2 Å². The van der Waals surface area contributed by atoms with E-state index in [0.29, 0.717) is 11.3 Å². The second kappa shape index (κ2) is 7.93. The van der Waals surface area contributed by atoms with Gasteiger partial charge in [0.05, 0.1) is 13.7 Å². The van der Waals surface area contributed by atoms with Gasteiger partial charge in [0.2, 0.25) is 0 Å². The SMILES string of the molecule is COc1ccc(Cn2nc(C(C)=N[S+]([O-])C(C)(C)C)cc2C(F)(F)F)cc1. The smallest absolute Gasteiger partial charge is 0.433 e. The molecule has 0 aliphatic carbocycles. The Kier molecular flexibility index (Phi) is 6.26. The number of ether oxygens (including phenoxy) is 1. The molecule has 0 saturated heterocycles. The molecule has 0 aliphatic rings. The van der Waals surface area contributed by atoms with Crippen LogP contribution >= 0.6 is 0 Å². The average molecular weight is 401 g/mol. The largest absolute Gasteiger partial charge is 0.591 e. The summed E-state index contributed by atoms with van der Waals surface area (Å²) in [6, 6.07) is 7.63. The molecule has 0 radical (unpaired) electrons. The molecule has 0 N–H and O–H groups in total. The van der Waals surface area contributed by atoms with E-state index in [9.17, 15) is 17.7 Å². The number of benzene rings is 1. The van der Waals surface area contributed by atoms with Crippen molar-refractivity contribution in [2.24, 2.45) is 4.40 Å². The van der Waals surface area contributed by atoms with E-state index in [1.165, 1.54) is 14.0 Å². The van der Waals surface area contributed by atoms with Crippen molar-refractivity contribution < 1.29 is 22.5 Å². The summed E-state index contributed by atoms with van der Waals surface area (Å²) in [5, 5.41) is 4.05. The predicted octanol–water partition coefficient (Wildman–Crippen LogP) is 4.23. The van der Waals surface area contributed by atoms with E-state index in [0.717, 1.165) is 10.7 Å². The van der Waals surface area contributed by atoms with E-state index in [4.69, 9.17) is 4.74 Å². The molecule has 5 nitrogen and oxygen atoms in total. The van der Waals surface area contributed by atoms with E-state index in [1.54, 1.807) is 45.0 Å². The Balaban J connectivity index is 2.38. The average Bonchev–Trinajstić information content (AvgIpc) is 2.99. The third-order valence-corrected chi connectivity index (χ3v) is 5.16. The van der Waals surface area contributed by atoms with Crippen LogP contribution in [0.3, 0.4) is 0 Å². The molecular formula is C18H22F3N3O2S. The van der Waals surface area contributed by atoms with Crippen molar-refractivity contribution in [2.45, 2.75) is 45.2 Å². The number of rotatable bonds is 5. The minimum Gasteiger partial charge on any atom is -0.591 e. The van der Waals surface area contributed by atoms with E-state index in [2.05, 4.69) is 9.50 Å². The molecule has 1 heterocycles. The number of halogens is 3. The van der Waals surface area contributed by atoms with E-state index < -0.39 is 28.0 Å². The van der Waals surface area contributed by atoms with Gasteiger partial charge in [-0.05, 0) is 51.5 Å². The first kappa shape index (κ1) is 21.3. The predicted molar refractivity (Wildman–Crippen MR) is 99.4 cm³/mol. The molecule has 148 valence electrons. The van der Waals surface area contributed by atoms with Crippen molar-refractivity contribution in [3.05, 3.63) is 47.3 Å². The van der Waals surface area contributed by atoms with Crippen LogP contribution in [0.2, 0.25) is 0 Å². The topological polar surface area (TPSA) is 62.5 Å². The second-order valence-electron chi connectivity index (χ2n) is 6.96. The van der Waals surface area contributed by atoms with Crippen LogP contribution in [0.1, 0.15) is 44.6 Å². The number of hydrogen-bond donors (Lipinski definition) is 0. The monoisotopic (exact) mass is 401 g/mol. The van der Waals surface area contributed by atoms with Crippen LogP contribution < -0.4 is 4.74 Å². The van der Waals surface area contributed by atoms with Crippen molar-refractivity contribution in [3.8, 4) is 5.75 Å². The third kappa shape index (κ3) is 5.49. The van der Waals surface area contributed by atoms with Gasteiger partial charge in [-0.15, -0.1) is 0 Å². The molecule has 0 fully saturated rings. The summed E-state index contributed by atoms with van der Waals surface area (Å²) in [6.07, 6.45) is -4.57. The van der Waals surface area contributed by atoms with Crippen LogP contribution in [0.25, 0.3) is 0 Å². The minimum atomic E-state index is -4.57. The molecule has 2 aromatic rings. The van der Waals surface area contributed by atoms with Crippen LogP contribution in [0, 0.1) is 0 Å². The van der Waals surface area contributed by atoms with Gasteiger partial charge in [0, 0.05) is 0 Å². The second-order valence-corrected chi connectivity index (χ2v) is 8.86. The van der Waals surface area contributed by atoms with Crippen molar-refractivity contribution >= 4 is 17.1 Å². The first-order chi connectivity index (χ1) is 12.4.